The van der Waals surface area contributed by atoms with Gasteiger partial charge in [0, 0.05) is 33.8 Å². The second-order valence-electron chi connectivity index (χ2n) is 6.09. The zero-order valence-corrected chi connectivity index (χ0v) is 12.0. The standard InChI is InChI=1S/C15H18F2O2S/c16-11-4-10(5-12(17)6-11)7-15(18)8-13-2-1-3-14(9-15)20(13)19/h4-6,13-14,18H,1-3,7-9H2. The predicted octanol–water partition coefficient (Wildman–Crippen LogP) is 2.70. The molecule has 0 aromatic heterocycles. The smallest absolute Gasteiger partial charge is 0.126 e. The summed E-state index contributed by atoms with van der Waals surface area (Å²) >= 11 is 0. The molecule has 0 amide bonds. The van der Waals surface area contributed by atoms with Gasteiger partial charge in [0.2, 0.25) is 0 Å². The van der Waals surface area contributed by atoms with E-state index < -0.39 is 28.0 Å². The van der Waals surface area contributed by atoms with E-state index in [1.807, 2.05) is 0 Å². The molecule has 1 aromatic carbocycles. The lowest BCUT2D eigenvalue weighted by Gasteiger charge is -2.43. The van der Waals surface area contributed by atoms with E-state index in [1.165, 1.54) is 12.1 Å². The molecule has 2 atom stereocenters. The van der Waals surface area contributed by atoms with Crippen LogP contribution in [0.2, 0.25) is 0 Å². The van der Waals surface area contributed by atoms with Crippen molar-refractivity contribution in [2.24, 2.45) is 0 Å². The van der Waals surface area contributed by atoms with E-state index in [2.05, 4.69) is 0 Å². The molecule has 1 N–H and O–H groups in total. The Labute approximate surface area is 119 Å². The normalized spacial score (nSPS) is 36.9. The largest absolute Gasteiger partial charge is 0.389 e. The molecule has 0 radical (unpaired) electrons. The van der Waals surface area contributed by atoms with Crippen molar-refractivity contribution >= 4 is 10.8 Å². The minimum absolute atomic E-state index is 0.0332. The molecule has 110 valence electrons. The molecule has 0 spiro atoms. The molecule has 5 heteroatoms. The van der Waals surface area contributed by atoms with Crippen LogP contribution in [-0.2, 0) is 17.2 Å². The van der Waals surface area contributed by atoms with Crippen LogP contribution in [-0.4, -0.2) is 25.4 Å². The van der Waals surface area contributed by atoms with Gasteiger partial charge in [0.1, 0.15) is 11.6 Å². The van der Waals surface area contributed by atoms with Gasteiger partial charge in [0.25, 0.3) is 0 Å². The fraction of sp³-hybridized carbons (Fsp3) is 0.600. The first-order valence-corrected chi connectivity index (χ1v) is 8.30. The number of rotatable bonds is 2. The van der Waals surface area contributed by atoms with Crippen molar-refractivity contribution in [2.45, 2.75) is 54.6 Å². The van der Waals surface area contributed by atoms with Crippen molar-refractivity contribution in [3.05, 3.63) is 35.4 Å². The molecule has 3 rings (SSSR count). The summed E-state index contributed by atoms with van der Waals surface area (Å²) in [6.07, 6.45) is 3.98. The quantitative estimate of drug-likeness (QED) is 0.912. The van der Waals surface area contributed by atoms with Gasteiger partial charge in [-0.1, -0.05) is 6.42 Å². The van der Waals surface area contributed by atoms with Gasteiger partial charge in [-0.05, 0) is 43.4 Å². The number of hydrogen-bond donors (Lipinski definition) is 1. The first-order valence-electron chi connectivity index (χ1n) is 7.02. The summed E-state index contributed by atoms with van der Waals surface area (Å²) in [7, 11) is -0.857. The van der Waals surface area contributed by atoms with Crippen LogP contribution in [0.3, 0.4) is 0 Å². The van der Waals surface area contributed by atoms with Gasteiger partial charge >= 0.3 is 0 Å². The Hall–Kier alpha value is -0.810. The van der Waals surface area contributed by atoms with E-state index in [1.54, 1.807) is 0 Å². The molecule has 2 aliphatic rings. The predicted molar refractivity (Wildman–Crippen MR) is 73.8 cm³/mol. The highest BCUT2D eigenvalue weighted by Crippen LogP contribution is 2.40. The van der Waals surface area contributed by atoms with E-state index in [9.17, 15) is 18.1 Å². The van der Waals surface area contributed by atoms with Gasteiger partial charge in [-0.25, -0.2) is 8.78 Å². The van der Waals surface area contributed by atoms with Gasteiger partial charge in [-0.2, -0.15) is 0 Å². The first kappa shape index (κ1) is 14.1. The fourth-order valence-electron chi connectivity index (χ4n) is 3.61. The van der Waals surface area contributed by atoms with E-state index in [-0.39, 0.29) is 16.9 Å². The van der Waals surface area contributed by atoms with Crippen LogP contribution < -0.4 is 0 Å². The molecule has 0 aliphatic carbocycles. The fourth-order valence-corrected chi connectivity index (χ4v) is 5.91. The Morgan fingerprint density at radius 2 is 1.70 bits per heavy atom. The Bertz CT molecular complexity index is 510. The van der Waals surface area contributed by atoms with E-state index in [0.29, 0.717) is 18.4 Å². The van der Waals surface area contributed by atoms with E-state index in [0.717, 1.165) is 25.3 Å². The summed E-state index contributed by atoms with van der Waals surface area (Å²) < 4.78 is 38.6. The highest BCUT2D eigenvalue weighted by molar-refractivity contribution is 7.86. The number of halogens is 2. The molecule has 2 unspecified atom stereocenters. The molecule has 2 heterocycles. The molecule has 20 heavy (non-hydrogen) atoms. The van der Waals surface area contributed by atoms with Crippen molar-refractivity contribution in [3.63, 3.8) is 0 Å². The van der Waals surface area contributed by atoms with Crippen LogP contribution >= 0.6 is 0 Å². The second kappa shape index (κ2) is 5.19. The van der Waals surface area contributed by atoms with Crippen molar-refractivity contribution in [1.82, 2.24) is 0 Å². The summed E-state index contributed by atoms with van der Waals surface area (Å²) in [4.78, 5) is 0. The number of fused-ring (bicyclic) bond motifs is 2. The maximum Gasteiger partial charge on any atom is 0.126 e. The van der Waals surface area contributed by atoms with Crippen molar-refractivity contribution in [1.29, 1.82) is 0 Å². The molecule has 2 saturated heterocycles. The van der Waals surface area contributed by atoms with Crippen LogP contribution in [0.1, 0.15) is 37.7 Å². The first-order chi connectivity index (χ1) is 9.45. The second-order valence-corrected chi connectivity index (χ2v) is 8.08. The maximum atomic E-state index is 13.2. The van der Waals surface area contributed by atoms with Crippen LogP contribution in [0.25, 0.3) is 0 Å². The maximum absolute atomic E-state index is 13.2. The molecule has 2 nitrogen and oxygen atoms in total. The summed E-state index contributed by atoms with van der Waals surface area (Å²) in [5.41, 5.74) is -0.514. The van der Waals surface area contributed by atoms with Crippen molar-refractivity contribution in [2.75, 3.05) is 0 Å². The number of hydrogen-bond acceptors (Lipinski definition) is 2. The molecule has 0 saturated carbocycles. The lowest BCUT2D eigenvalue weighted by Crippen LogP contribution is -2.50. The van der Waals surface area contributed by atoms with Gasteiger partial charge in [0.15, 0.2) is 0 Å². The lowest BCUT2D eigenvalue weighted by atomic mass is 9.81. The summed E-state index contributed by atoms with van der Waals surface area (Å²) in [5.74, 6) is -1.24. The monoisotopic (exact) mass is 300 g/mol. The third-order valence-electron chi connectivity index (χ3n) is 4.38. The third kappa shape index (κ3) is 2.79. The van der Waals surface area contributed by atoms with Crippen molar-refractivity contribution in [3.8, 4) is 0 Å². The van der Waals surface area contributed by atoms with Gasteiger partial charge in [-0.15, -0.1) is 0 Å². The summed E-state index contributed by atoms with van der Waals surface area (Å²) in [6, 6.07) is 3.36. The zero-order valence-electron chi connectivity index (χ0n) is 11.1. The Kier molecular flexibility index (Phi) is 3.67. The molecule has 2 fully saturated rings. The van der Waals surface area contributed by atoms with E-state index >= 15 is 0 Å². The topological polar surface area (TPSA) is 37.3 Å². The Balaban J connectivity index is 1.81. The molecule has 2 bridgehead atoms. The molecule has 1 aromatic rings. The summed E-state index contributed by atoms with van der Waals surface area (Å²) in [5, 5.41) is 10.8. The van der Waals surface area contributed by atoms with Gasteiger partial charge < -0.3 is 5.11 Å². The highest BCUT2D eigenvalue weighted by atomic mass is 32.2. The average molecular weight is 300 g/mol. The van der Waals surface area contributed by atoms with Crippen LogP contribution in [0.4, 0.5) is 8.78 Å². The van der Waals surface area contributed by atoms with Gasteiger partial charge in [0.05, 0.1) is 5.60 Å². The van der Waals surface area contributed by atoms with E-state index in [4.69, 9.17) is 0 Å². The highest BCUT2D eigenvalue weighted by Gasteiger charge is 2.45. The molecule has 2 aliphatic heterocycles. The SMILES string of the molecule is O=S1C2CCCC1CC(O)(Cc1cc(F)cc(F)c1)C2. The van der Waals surface area contributed by atoms with Crippen molar-refractivity contribution < 1.29 is 18.1 Å². The van der Waals surface area contributed by atoms with Crippen LogP contribution in [0, 0.1) is 11.6 Å². The zero-order chi connectivity index (χ0) is 14.3. The lowest BCUT2D eigenvalue weighted by molar-refractivity contribution is 0.0113. The Morgan fingerprint density at radius 1 is 1.15 bits per heavy atom. The Morgan fingerprint density at radius 3 is 2.25 bits per heavy atom. The number of benzene rings is 1. The molecular weight excluding hydrogens is 282 g/mol. The third-order valence-corrected chi connectivity index (χ3v) is 6.50. The minimum atomic E-state index is -0.982. The number of aliphatic hydroxyl groups is 1. The molecular formula is C15H18F2O2S. The average Bonchev–Trinajstić information content (AvgIpc) is 2.30. The summed E-state index contributed by atoms with van der Waals surface area (Å²) in [6.45, 7) is 0. The van der Waals surface area contributed by atoms with Crippen LogP contribution in [0.15, 0.2) is 18.2 Å². The minimum Gasteiger partial charge on any atom is -0.389 e. The van der Waals surface area contributed by atoms with Crippen LogP contribution in [0.5, 0.6) is 0 Å². The van der Waals surface area contributed by atoms with Gasteiger partial charge in [-0.3, -0.25) is 4.21 Å².